The summed E-state index contributed by atoms with van der Waals surface area (Å²) in [7, 11) is 0. The summed E-state index contributed by atoms with van der Waals surface area (Å²) in [4.78, 5) is 52.9. The molecule has 3 aliphatic heterocycles. The molecule has 36 heavy (non-hydrogen) atoms. The first kappa shape index (κ1) is 22.5. The fourth-order valence-corrected chi connectivity index (χ4v) is 5.46. The number of nitrogens with zero attached hydrogens (tertiary/aromatic N) is 3. The molecule has 0 spiro atoms. The van der Waals surface area contributed by atoms with Crippen molar-refractivity contribution in [3.8, 4) is 0 Å². The first-order valence-corrected chi connectivity index (χ1v) is 12.0. The van der Waals surface area contributed by atoms with Gasteiger partial charge in [-0.1, -0.05) is 11.2 Å². The van der Waals surface area contributed by atoms with Crippen molar-refractivity contribution < 1.29 is 28.1 Å². The van der Waals surface area contributed by atoms with Crippen molar-refractivity contribution >= 4 is 34.6 Å². The molecule has 2 saturated heterocycles. The minimum absolute atomic E-state index is 0.0893. The highest BCUT2D eigenvalue weighted by molar-refractivity contribution is 6.23. The van der Waals surface area contributed by atoms with Crippen LogP contribution < -0.4 is 5.32 Å². The Morgan fingerprint density at radius 3 is 2.53 bits per heavy atom. The zero-order chi connectivity index (χ0) is 25.0. The van der Waals surface area contributed by atoms with Crippen molar-refractivity contribution in [3.05, 3.63) is 64.6 Å². The second-order valence-corrected chi connectivity index (χ2v) is 9.59. The van der Waals surface area contributed by atoms with Crippen molar-refractivity contribution in [1.29, 1.82) is 0 Å². The maximum absolute atomic E-state index is 13.5. The van der Waals surface area contributed by atoms with Crippen LogP contribution in [0.25, 0.3) is 11.0 Å². The van der Waals surface area contributed by atoms with Crippen molar-refractivity contribution in [3.63, 3.8) is 0 Å². The van der Waals surface area contributed by atoms with Crippen LogP contribution in [0.3, 0.4) is 0 Å². The predicted molar refractivity (Wildman–Crippen MR) is 124 cm³/mol. The average Bonchev–Trinajstić information content (AvgIpc) is 3.38. The molecular formula is C26H23FN4O5. The lowest BCUT2D eigenvalue weighted by molar-refractivity contribution is -0.136. The Kier molecular flexibility index (Phi) is 5.40. The lowest BCUT2D eigenvalue weighted by atomic mass is 9.91. The van der Waals surface area contributed by atoms with Crippen LogP contribution in [-0.4, -0.2) is 57.7 Å². The number of carbonyl (C=O) groups excluding carboxylic acids is 4. The molecular weight excluding hydrogens is 467 g/mol. The Hall–Kier alpha value is -3.92. The van der Waals surface area contributed by atoms with E-state index in [-0.39, 0.29) is 30.1 Å². The molecule has 1 unspecified atom stereocenters. The van der Waals surface area contributed by atoms with Gasteiger partial charge in [0.2, 0.25) is 11.8 Å². The van der Waals surface area contributed by atoms with Gasteiger partial charge in [-0.25, -0.2) is 4.39 Å². The van der Waals surface area contributed by atoms with E-state index in [1.807, 2.05) is 6.07 Å². The van der Waals surface area contributed by atoms with E-state index in [2.05, 4.69) is 15.4 Å². The number of rotatable bonds is 4. The summed E-state index contributed by atoms with van der Waals surface area (Å²) < 4.78 is 18.8. The third-order valence-corrected chi connectivity index (χ3v) is 7.35. The summed E-state index contributed by atoms with van der Waals surface area (Å²) in [5.74, 6) is -2.15. The van der Waals surface area contributed by atoms with E-state index in [0.717, 1.165) is 47.5 Å². The fraction of sp³-hybridized carbons (Fsp3) is 0.346. The Bertz CT molecular complexity index is 1420. The van der Waals surface area contributed by atoms with E-state index in [1.54, 1.807) is 18.2 Å². The van der Waals surface area contributed by atoms with Gasteiger partial charge in [-0.05, 0) is 62.2 Å². The average molecular weight is 490 g/mol. The monoisotopic (exact) mass is 490 g/mol. The Morgan fingerprint density at radius 2 is 1.75 bits per heavy atom. The van der Waals surface area contributed by atoms with Crippen LogP contribution in [0.1, 0.15) is 63.6 Å². The van der Waals surface area contributed by atoms with E-state index >= 15 is 0 Å². The maximum atomic E-state index is 13.5. The van der Waals surface area contributed by atoms with Gasteiger partial charge >= 0.3 is 0 Å². The number of benzene rings is 2. The number of halogens is 1. The number of amides is 4. The first-order valence-electron chi connectivity index (χ1n) is 12.0. The topological polar surface area (TPSA) is 113 Å². The van der Waals surface area contributed by atoms with Crippen molar-refractivity contribution in [2.24, 2.45) is 0 Å². The van der Waals surface area contributed by atoms with Crippen LogP contribution in [0.5, 0.6) is 0 Å². The van der Waals surface area contributed by atoms with E-state index < -0.39 is 29.7 Å². The van der Waals surface area contributed by atoms with E-state index in [4.69, 9.17) is 4.52 Å². The highest BCUT2D eigenvalue weighted by Gasteiger charge is 2.44. The van der Waals surface area contributed by atoms with Gasteiger partial charge in [-0.3, -0.25) is 34.3 Å². The molecule has 2 aromatic carbocycles. The van der Waals surface area contributed by atoms with Crippen molar-refractivity contribution in [2.75, 3.05) is 13.1 Å². The van der Waals surface area contributed by atoms with Gasteiger partial charge in [0.1, 0.15) is 11.9 Å². The lowest BCUT2D eigenvalue weighted by Crippen LogP contribution is -2.54. The van der Waals surface area contributed by atoms with Gasteiger partial charge in [-0.2, -0.15) is 0 Å². The van der Waals surface area contributed by atoms with Gasteiger partial charge in [0.15, 0.2) is 5.58 Å². The SMILES string of the molecule is O=C1CCC(N2C(=O)c3ccc(CN4CCC(c5noc6cc(F)ccc56)CC4)cc3C2=O)C(=O)N1. The second kappa shape index (κ2) is 8.63. The number of carbonyl (C=O) groups is 4. The minimum atomic E-state index is -0.971. The molecule has 6 rings (SSSR count). The van der Waals surface area contributed by atoms with Crippen LogP contribution >= 0.6 is 0 Å². The summed E-state index contributed by atoms with van der Waals surface area (Å²) in [6.07, 6.45) is 1.95. The van der Waals surface area contributed by atoms with E-state index in [9.17, 15) is 23.6 Å². The molecule has 0 saturated carbocycles. The van der Waals surface area contributed by atoms with Gasteiger partial charge in [0, 0.05) is 30.3 Å². The number of nitrogens with one attached hydrogen (secondary N) is 1. The quantitative estimate of drug-likeness (QED) is 0.560. The molecule has 3 aromatic rings. The molecule has 9 nitrogen and oxygen atoms in total. The molecule has 1 aromatic heterocycles. The van der Waals surface area contributed by atoms with Crippen LogP contribution in [0, 0.1) is 5.82 Å². The summed E-state index contributed by atoms with van der Waals surface area (Å²) in [6.45, 7) is 2.24. The molecule has 3 aliphatic rings. The largest absolute Gasteiger partial charge is 0.356 e. The Balaban J connectivity index is 1.13. The third kappa shape index (κ3) is 3.78. The van der Waals surface area contributed by atoms with Crippen LogP contribution in [0.15, 0.2) is 40.9 Å². The van der Waals surface area contributed by atoms with Crippen molar-refractivity contribution in [1.82, 2.24) is 20.3 Å². The zero-order valence-electron chi connectivity index (χ0n) is 19.3. The molecule has 4 amide bonds. The Labute approximate surface area is 205 Å². The molecule has 0 radical (unpaired) electrons. The molecule has 184 valence electrons. The standard InChI is InChI=1S/C26H23FN4O5/c27-16-2-4-18-21(12-16)36-29-23(18)15-7-9-30(10-8-15)13-14-1-3-17-19(11-14)26(35)31(25(17)34)20-5-6-22(32)28-24(20)33/h1-4,11-12,15,20H,5-10,13H2,(H,28,32,33). The third-order valence-electron chi connectivity index (χ3n) is 7.35. The summed E-state index contributed by atoms with van der Waals surface area (Å²) in [6, 6.07) is 8.72. The summed E-state index contributed by atoms with van der Waals surface area (Å²) >= 11 is 0. The van der Waals surface area contributed by atoms with Gasteiger partial charge < -0.3 is 4.52 Å². The van der Waals surface area contributed by atoms with Crippen LogP contribution in [0.4, 0.5) is 4.39 Å². The number of hydrogen-bond donors (Lipinski definition) is 1. The summed E-state index contributed by atoms with van der Waals surface area (Å²) in [5.41, 5.74) is 2.79. The second-order valence-electron chi connectivity index (χ2n) is 9.59. The fourth-order valence-electron chi connectivity index (χ4n) is 5.46. The molecule has 0 bridgehead atoms. The van der Waals surface area contributed by atoms with Crippen LogP contribution in [-0.2, 0) is 16.1 Å². The number of likely N-dealkylation sites (tertiary alicyclic amines) is 1. The number of aromatic nitrogens is 1. The minimum Gasteiger partial charge on any atom is -0.356 e. The highest BCUT2D eigenvalue weighted by atomic mass is 19.1. The molecule has 1 atom stereocenters. The van der Waals surface area contributed by atoms with Crippen molar-refractivity contribution in [2.45, 2.75) is 44.2 Å². The van der Waals surface area contributed by atoms with E-state index in [0.29, 0.717) is 17.7 Å². The van der Waals surface area contributed by atoms with Gasteiger partial charge in [0.05, 0.1) is 16.8 Å². The number of piperidine rings is 2. The number of fused-ring (bicyclic) bond motifs is 2. The predicted octanol–water partition coefficient (Wildman–Crippen LogP) is 2.75. The Morgan fingerprint density at radius 1 is 0.972 bits per heavy atom. The number of imide groups is 2. The van der Waals surface area contributed by atoms with E-state index in [1.165, 1.54) is 12.1 Å². The van der Waals surface area contributed by atoms with Gasteiger partial charge in [-0.15, -0.1) is 0 Å². The zero-order valence-corrected chi connectivity index (χ0v) is 19.3. The molecule has 1 N–H and O–H groups in total. The molecule has 10 heteroatoms. The summed E-state index contributed by atoms with van der Waals surface area (Å²) in [5, 5.41) is 7.25. The smallest absolute Gasteiger partial charge is 0.262 e. The number of hydrogen-bond acceptors (Lipinski definition) is 7. The van der Waals surface area contributed by atoms with Gasteiger partial charge in [0.25, 0.3) is 11.8 Å². The molecule has 0 aliphatic carbocycles. The highest BCUT2D eigenvalue weighted by Crippen LogP contribution is 2.34. The van der Waals surface area contributed by atoms with Crippen LogP contribution in [0.2, 0.25) is 0 Å². The molecule has 2 fully saturated rings. The molecule has 4 heterocycles. The normalized spacial score (nSPS) is 21.4. The first-order chi connectivity index (χ1) is 17.4. The maximum Gasteiger partial charge on any atom is 0.262 e. The lowest BCUT2D eigenvalue weighted by Gasteiger charge is -2.31.